The molecule has 3 rings (SSSR count). The van der Waals surface area contributed by atoms with Crippen molar-refractivity contribution in [2.24, 2.45) is 5.84 Å². The molecule has 0 aliphatic carbocycles. The summed E-state index contributed by atoms with van der Waals surface area (Å²) in [6.45, 7) is 0. The number of para-hydroxylation sites is 1. The van der Waals surface area contributed by atoms with Crippen LogP contribution in [-0.2, 0) is 0 Å². The largest absolute Gasteiger partial charge is 0.494 e. The molecule has 0 aliphatic rings. The van der Waals surface area contributed by atoms with E-state index >= 15 is 0 Å². The van der Waals surface area contributed by atoms with Gasteiger partial charge < -0.3 is 10.2 Å². The van der Waals surface area contributed by atoms with Crippen molar-refractivity contribution in [2.75, 3.05) is 12.5 Å². The molecule has 4 nitrogen and oxygen atoms in total. The molecule has 0 radical (unpaired) electrons. The Hall–Kier alpha value is -2.30. The van der Waals surface area contributed by atoms with E-state index in [0.717, 1.165) is 22.0 Å². The Kier molecular flexibility index (Phi) is 3.64. The summed E-state index contributed by atoms with van der Waals surface area (Å²) in [4.78, 5) is 4.57. The maximum absolute atomic E-state index is 5.93. The maximum Gasteiger partial charge on any atom is 0.148 e. The summed E-state index contributed by atoms with van der Waals surface area (Å²) in [5.41, 5.74) is 5.32. The van der Waals surface area contributed by atoms with E-state index in [9.17, 15) is 0 Å². The average Bonchev–Trinajstić information content (AvgIpc) is 2.53. The number of methoxy groups -OCH3 is 1. The molecule has 0 saturated heterocycles. The molecule has 3 aromatic rings. The molecular weight excluding hydrogens is 286 g/mol. The Morgan fingerprint density at radius 2 is 1.90 bits per heavy atom. The first-order chi connectivity index (χ1) is 10.2. The fraction of sp³-hybridized carbons (Fsp3) is 0.0625. The number of pyridine rings is 1. The first-order valence-corrected chi connectivity index (χ1v) is 6.81. The second-order valence-electron chi connectivity index (χ2n) is 4.57. The Labute approximate surface area is 127 Å². The van der Waals surface area contributed by atoms with E-state index < -0.39 is 0 Å². The lowest BCUT2D eigenvalue weighted by atomic mass is 10.0. The predicted molar refractivity (Wildman–Crippen MR) is 86.6 cm³/mol. The van der Waals surface area contributed by atoms with Gasteiger partial charge in [0.25, 0.3) is 0 Å². The highest BCUT2D eigenvalue weighted by atomic mass is 35.5. The van der Waals surface area contributed by atoms with Crippen LogP contribution in [-0.4, -0.2) is 12.1 Å². The summed E-state index contributed by atoms with van der Waals surface area (Å²) >= 11 is 5.93. The molecule has 0 spiro atoms. The summed E-state index contributed by atoms with van der Waals surface area (Å²) in [5, 5.41) is 1.68. The number of ether oxygens (including phenoxy) is 1. The molecule has 0 atom stereocenters. The lowest BCUT2D eigenvalue weighted by Crippen LogP contribution is -2.10. The van der Waals surface area contributed by atoms with Gasteiger partial charge in [-0.05, 0) is 29.8 Å². The molecule has 0 fully saturated rings. The summed E-state index contributed by atoms with van der Waals surface area (Å²) < 4.78 is 5.34. The topological polar surface area (TPSA) is 60.2 Å². The summed E-state index contributed by atoms with van der Waals surface area (Å²) in [6, 6.07) is 15.4. The van der Waals surface area contributed by atoms with Crippen molar-refractivity contribution in [3.8, 4) is 16.9 Å². The minimum Gasteiger partial charge on any atom is -0.494 e. The van der Waals surface area contributed by atoms with Crippen LogP contribution < -0.4 is 16.0 Å². The molecule has 3 N–H and O–H groups in total. The molecule has 0 unspecified atom stereocenters. The van der Waals surface area contributed by atoms with Gasteiger partial charge in [0.1, 0.15) is 17.1 Å². The standard InChI is InChI=1S/C16H14ClN3O/c1-21-14-4-2-3-11-9-13(16(20-18)19-15(11)14)10-5-7-12(17)8-6-10/h2-9H,18H2,1H3,(H,19,20). The average molecular weight is 300 g/mol. The van der Waals surface area contributed by atoms with E-state index in [1.54, 1.807) is 7.11 Å². The third-order valence-corrected chi connectivity index (χ3v) is 3.57. The van der Waals surface area contributed by atoms with Crippen molar-refractivity contribution in [2.45, 2.75) is 0 Å². The number of nitrogens with zero attached hydrogens (tertiary/aromatic N) is 1. The van der Waals surface area contributed by atoms with Crippen LogP contribution >= 0.6 is 11.6 Å². The molecule has 2 aromatic carbocycles. The zero-order valence-electron chi connectivity index (χ0n) is 11.4. The summed E-state index contributed by atoms with van der Waals surface area (Å²) in [6.07, 6.45) is 0. The van der Waals surface area contributed by atoms with Crippen LogP contribution in [0.25, 0.3) is 22.0 Å². The number of aromatic nitrogens is 1. The minimum atomic E-state index is 0.592. The molecular formula is C16H14ClN3O. The van der Waals surface area contributed by atoms with E-state index in [-0.39, 0.29) is 0 Å². The molecule has 21 heavy (non-hydrogen) atoms. The fourth-order valence-electron chi connectivity index (χ4n) is 2.30. The number of halogens is 1. The van der Waals surface area contributed by atoms with Crippen molar-refractivity contribution in [3.05, 3.63) is 53.6 Å². The van der Waals surface area contributed by atoms with E-state index in [0.29, 0.717) is 16.6 Å². The number of anilines is 1. The monoisotopic (exact) mass is 299 g/mol. The van der Waals surface area contributed by atoms with Crippen LogP contribution in [0.15, 0.2) is 48.5 Å². The summed E-state index contributed by atoms with van der Waals surface area (Å²) in [7, 11) is 1.62. The molecule has 1 heterocycles. The van der Waals surface area contributed by atoms with Gasteiger partial charge >= 0.3 is 0 Å². The highest BCUT2D eigenvalue weighted by Crippen LogP contribution is 2.33. The zero-order chi connectivity index (χ0) is 14.8. The third-order valence-electron chi connectivity index (χ3n) is 3.32. The fourth-order valence-corrected chi connectivity index (χ4v) is 2.42. The van der Waals surface area contributed by atoms with Gasteiger partial charge in [-0.15, -0.1) is 0 Å². The SMILES string of the molecule is COc1cccc2cc(-c3ccc(Cl)cc3)c(NN)nc12. The van der Waals surface area contributed by atoms with Gasteiger partial charge in [0.05, 0.1) is 7.11 Å². The van der Waals surface area contributed by atoms with Crippen LogP contribution in [0.3, 0.4) is 0 Å². The van der Waals surface area contributed by atoms with Gasteiger partial charge in [-0.2, -0.15) is 0 Å². The second kappa shape index (κ2) is 5.60. The van der Waals surface area contributed by atoms with Crippen molar-refractivity contribution >= 4 is 28.3 Å². The number of nitrogens with one attached hydrogen (secondary N) is 1. The predicted octanol–water partition coefficient (Wildman–Crippen LogP) is 3.85. The number of hydrogen-bond acceptors (Lipinski definition) is 4. The van der Waals surface area contributed by atoms with Crippen LogP contribution in [0.5, 0.6) is 5.75 Å². The smallest absolute Gasteiger partial charge is 0.148 e. The normalized spacial score (nSPS) is 10.6. The molecule has 0 amide bonds. The Morgan fingerprint density at radius 1 is 1.14 bits per heavy atom. The molecule has 0 aliphatic heterocycles. The minimum absolute atomic E-state index is 0.592. The second-order valence-corrected chi connectivity index (χ2v) is 5.00. The molecule has 5 heteroatoms. The summed E-state index contributed by atoms with van der Waals surface area (Å²) in [5.74, 6) is 6.93. The van der Waals surface area contributed by atoms with Crippen LogP contribution in [0.2, 0.25) is 5.02 Å². The van der Waals surface area contributed by atoms with Crippen molar-refractivity contribution in [1.82, 2.24) is 4.98 Å². The maximum atomic E-state index is 5.93. The van der Waals surface area contributed by atoms with E-state index in [1.165, 1.54) is 0 Å². The zero-order valence-corrected chi connectivity index (χ0v) is 12.2. The van der Waals surface area contributed by atoms with Gasteiger partial charge in [-0.1, -0.05) is 35.9 Å². The number of nitrogens with two attached hydrogens (primary N) is 1. The van der Waals surface area contributed by atoms with Crippen molar-refractivity contribution in [1.29, 1.82) is 0 Å². The first kappa shape index (κ1) is 13.7. The highest BCUT2D eigenvalue weighted by Gasteiger charge is 2.11. The third kappa shape index (κ3) is 2.51. The number of fused-ring (bicyclic) bond motifs is 1. The lowest BCUT2D eigenvalue weighted by Gasteiger charge is -2.12. The van der Waals surface area contributed by atoms with Crippen molar-refractivity contribution < 1.29 is 4.74 Å². The lowest BCUT2D eigenvalue weighted by molar-refractivity contribution is 0.419. The van der Waals surface area contributed by atoms with Crippen LogP contribution in [0.4, 0.5) is 5.82 Å². The molecule has 106 valence electrons. The number of benzene rings is 2. The van der Waals surface area contributed by atoms with Crippen molar-refractivity contribution in [3.63, 3.8) is 0 Å². The Balaban J connectivity index is 2.25. The van der Waals surface area contributed by atoms with Crippen LogP contribution in [0.1, 0.15) is 0 Å². The quantitative estimate of drug-likeness (QED) is 0.570. The molecule has 0 saturated carbocycles. The number of nitrogen functional groups attached to an aromatic ring is 1. The number of hydrogen-bond donors (Lipinski definition) is 2. The van der Waals surface area contributed by atoms with Gasteiger partial charge in [0.15, 0.2) is 0 Å². The Morgan fingerprint density at radius 3 is 2.57 bits per heavy atom. The van der Waals surface area contributed by atoms with E-state index in [2.05, 4.69) is 10.4 Å². The van der Waals surface area contributed by atoms with Gasteiger partial charge in [0, 0.05) is 16.0 Å². The molecule has 1 aromatic heterocycles. The first-order valence-electron chi connectivity index (χ1n) is 6.43. The number of hydrazine groups is 1. The van der Waals surface area contributed by atoms with Gasteiger partial charge in [0.2, 0.25) is 0 Å². The van der Waals surface area contributed by atoms with E-state index in [4.69, 9.17) is 22.2 Å². The van der Waals surface area contributed by atoms with Crippen LogP contribution in [0, 0.1) is 0 Å². The number of rotatable bonds is 3. The highest BCUT2D eigenvalue weighted by molar-refractivity contribution is 6.30. The van der Waals surface area contributed by atoms with E-state index in [1.807, 2.05) is 48.5 Å². The molecule has 0 bridgehead atoms. The van der Waals surface area contributed by atoms with Gasteiger partial charge in [-0.25, -0.2) is 10.8 Å². The van der Waals surface area contributed by atoms with Gasteiger partial charge in [-0.3, -0.25) is 0 Å². The Bertz CT molecular complexity index is 787.